The molecule has 0 bridgehead atoms. The number of rotatable bonds is 2. The average Bonchev–Trinajstić information content (AvgIpc) is 2.27. The molecule has 0 aliphatic carbocycles. The summed E-state index contributed by atoms with van der Waals surface area (Å²) >= 11 is 0. The first-order chi connectivity index (χ1) is 8.39. The first-order valence-electron chi connectivity index (χ1n) is 6.80. The summed E-state index contributed by atoms with van der Waals surface area (Å²) in [5.74, 6) is 0.462. The third-order valence-electron chi connectivity index (χ3n) is 3.66. The van der Waals surface area contributed by atoms with Crippen LogP contribution in [0.3, 0.4) is 0 Å². The number of piperidine rings is 1. The van der Waals surface area contributed by atoms with Gasteiger partial charge in [0.2, 0.25) is 0 Å². The van der Waals surface area contributed by atoms with Crippen LogP contribution in [-0.4, -0.2) is 55.4 Å². The minimum absolute atomic E-state index is 0.0225. The van der Waals surface area contributed by atoms with Crippen molar-refractivity contribution in [1.29, 1.82) is 0 Å². The minimum Gasteiger partial charge on any atom is -0.373 e. The van der Waals surface area contributed by atoms with Crippen molar-refractivity contribution in [3.63, 3.8) is 0 Å². The van der Waals surface area contributed by atoms with Gasteiger partial charge in [-0.1, -0.05) is 6.92 Å². The first kappa shape index (κ1) is 14.2. The summed E-state index contributed by atoms with van der Waals surface area (Å²) in [6.45, 7) is 8.23. The van der Waals surface area contributed by atoms with Crippen LogP contribution in [0.2, 0.25) is 0 Å². The van der Waals surface area contributed by atoms with E-state index in [2.05, 4.69) is 6.92 Å². The molecule has 0 radical (unpaired) electrons. The van der Waals surface area contributed by atoms with Crippen LogP contribution in [0, 0.1) is 5.92 Å². The number of hydrogen-bond donors (Lipinski definition) is 0. The van der Waals surface area contributed by atoms with Crippen LogP contribution < -0.4 is 0 Å². The molecule has 2 saturated heterocycles. The topological polar surface area (TPSA) is 49.9 Å². The van der Waals surface area contributed by atoms with Gasteiger partial charge < -0.3 is 4.74 Å². The van der Waals surface area contributed by atoms with Crippen molar-refractivity contribution >= 4 is 10.2 Å². The molecular weight excluding hydrogens is 252 g/mol. The van der Waals surface area contributed by atoms with E-state index < -0.39 is 10.2 Å². The van der Waals surface area contributed by atoms with Gasteiger partial charge >= 0.3 is 0 Å². The minimum atomic E-state index is -3.30. The average molecular weight is 276 g/mol. The van der Waals surface area contributed by atoms with E-state index in [0.29, 0.717) is 32.1 Å². The standard InChI is InChI=1S/C12H24N2O3S/c1-10-5-4-6-13(7-10)18(15,16)14-8-11(2)17-12(3)9-14/h10-12H,4-9H2,1-3H3/t10-,11-,12+/m1/s1. The molecular formula is C12H24N2O3S. The molecule has 0 saturated carbocycles. The van der Waals surface area contributed by atoms with Gasteiger partial charge in [0.1, 0.15) is 0 Å². The summed E-state index contributed by atoms with van der Waals surface area (Å²) in [4.78, 5) is 0. The Bertz CT molecular complexity index is 375. The van der Waals surface area contributed by atoms with Gasteiger partial charge in [0.15, 0.2) is 0 Å². The molecule has 2 aliphatic rings. The fraction of sp³-hybridized carbons (Fsp3) is 1.00. The van der Waals surface area contributed by atoms with Gasteiger partial charge in [-0.3, -0.25) is 0 Å². The number of nitrogens with zero attached hydrogens (tertiary/aromatic N) is 2. The Morgan fingerprint density at radius 2 is 1.61 bits per heavy atom. The van der Waals surface area contributed by atoms with Gasteiger partial charge in [0.05, 0.1) is 12.2 Å². The number of hydrogen-bond acceptors (Lipinski definition) is 3. The molecule has 0 aromatic carbocycles. The Morgan fingerprint density at radius 1 is 1.00 bits per heavy atom. The Morgan fingerprint density at radius 3 is 2.17 bits per heavy atom. The van der Waals surface area contributed by atoms with Crippen molar-refractivity contribution in [2.45, 2.75) is 45.8 Å². The highest BCUT2D eigenvalue weighted by Gasteiger charge is 2.36. The lowest BCUT2D eigenvalue weighted by molar-refractivity contribution is -0.0457. The van der Waals surface area contributed by atoms with Gasteiger partial charge in [-0.2, -0.15) is 17.0 Å². The monoisotopic (exact) mass is 276 g/mol. The molecule has 6 heteroatoms. The van der Waals surface area contributed by atoms with E-state index in [1.165, 1.54) is 0 Å². The molecule has 2 aliphatic heterocycles. The highest BCUT2D eigenvalue weighted by Crippen LogP contribution is 2.23. The zero-order valence-corrected chi connectivity index (χ0v) is 12.3. The summed E-state index contributed by atoms with van der Waals surface area (Å²) in [5.41, 5.74) is 0. The predicted octanol–water partition coefficient (Wildman–Crippen LogP) is 1.07. The van der Waals surface area contributed by atoms with Crippen LogP contribution in [0.4, 0.5) is 0 Å². The molecule has 2 fully saturated rings. The number of ether oxygens (including phenoxy) is 1. The summed E-state index contributed by atoms with van der Waals surface area (Å²) in [6.07, 6.45) is 2.05. The van der Waals surface area contributed by atoms with E-state index in [-0.39, 0.29) is 12.2 Å². The summed E-state index contributed by atoms with van der Waals surface area (Å²) in [6, 6.07) is 0. The molecule has 3 atom stereocenters. The Balaban J connectivity index is 2.09. The first-order valence-corrected chi connectivity index (χ1v) is 8.20. The third kappa shape index (κ3) is 3.04. The SMILES string of the molecule is C[C@@H]1CCCN(S(=O)(=O)N2C[C@@H](C)O[C@@H](C)C2)C1. The van der Waals surface area contributed by atoms with E-state index in [1.807, 2.05) is 13.8 Å². The second kappa shape index (κ2) is 5.45. The van der Waals surface area contributed by atoms with Crippen molar-refractivity contribution in [1.82, 2.24) is 8.61 Å². The van der Waals surface area contributed by atoms with Crippen LogP contribution in [0.25, 0.3) is 0 Å². The van der Waals surface area contributed by atoms with Crippen molar-refractivity contribution in [2.24, 2.45) is 5.92 Å². The second-order valence-electron chi connectivity index (χ2n) is 5.69. The highest BCUT2D eigenvalue weighted by atomic mass is 32.2. The Hall–Kier alpha value is -0.170. The van der Waals surface area contributed by atoms with Crippen LogP contribution in [0.1, 0.15) is 33.6 Å². The quantitative estimate of drug-likeness (QED) is 0.758. The molecule has 2 heterocycles. The molecule has 0 spiro atoms. The van der Waals surface area contributed by atoms with E-state index >= 15 is 0 Å². The largest absolute Gasteiger partial charge is 0.373 e. The van der Waals surface area contributed by atoms with Crippen LogP contribution in [-0.2, 0) is 14.9 Å². The highest BCUT2D eigenvalue weighted by molar-refractivity contribution is 7.86. The zero-order chi connectivity index (χ0) is 13.3. The Labute approximate surface area is 110 Å². The summed E-state index contributed by atoms with van der Waals surface area (Å²) < 4.78 is 34.0. The van der Waals surface area contributed by atoms with E-state index in [0.717, 1.165) is 12.8 Å². The molecule has 0 aromatic rings. The molecule has 0 unspecified atom stereocenters. The summed E-state index contributed by atoms with van der Waals surface area (Å²) in [5, 5.41) is 0. The molecule has 0 N–H and O–H groups in total. The maximum atomic E-state index is 12.6. The third-order valence-corrected chi connectivity index (χ3v) is 5.59. The van der Waals surface area contributed by atoms with Gasteiger partial charge in [-0.15, -0.1) is 0 Å². The molecule has 0 amide bonds. The van der Waals surface area contributed by atoms with Crippen LogP contribution in [0.15, 0.2) is 0 Å². The Kier molecular flexibility index (Phi) is 4.31. The van der Waals surface area contributed by atoms with E-state index in [4.69, 9.17) is 4.74 Å². The van der Waals surface area contributed by atoms with Crippen molar-refractivity contribution in [3.05, 3.63) is 0 Å². The lowest BCUT2D eigenvalue weighted by Gasteiger charge is -2.39. The number of morpholine rings is 1. The fourth-order valence-electron chi connectivity index (χ4n) is 2.84. The maximum Gasteiger partial charge on any atom is 0.282 e. The van der Waals surface area contributed by atoms with Gasteiger partial charge in [-0.05, 0) is 32.6 Å². The van der Waals surface area contributed by atoms with Crippen LogP contribution >= 0.6 is 0 Å². The van der Waals surface area contributed by atoms with Crippen molar-refractivity contribution < 1.29 is 13.2 Å². The zero-order valence-electron chi connectivity index (χ0n) is 11.5. The van der Waals surface area contributed by atoms with Crippen molar-refractivity contribution in [2.75, 3.05) is 26.2 Å². The molecule has 2 rings (SSSR count). The summed E-state index contributed by atoms with van der Waals surface area (Å²) in [7, 11) is -3.30. The van der Waals surface area contributed by atoms with E-state index in [1.54, 1.807) is 8.61 Å². The predicted molar refractivity (Wildman–Crippen MR) is 70.5 cm³/mol. The van der Waals surface area contributed by atoms with E-state index in [9.17, 15) is 8.42 Å². The normalized spacial score (nSPS) is 36.7. The molecule has 0 aromatic heterocycles. The lowest BCUT2D eigenvalue weighted by atomic mass is 10.0. The van der Waals surface area contributed by atoms with Gasteiger partial charge in [0, 0.05) is 26.2 Å². The molecule has 18 heavy (non-hydrogen) atoms. The van der Waals surface area contributed by atoms with Crippen molar-refractivity contribution in [3.8, 4) is 0 Å². The fourth-order valence-corrected chi connectivity index (χ4v) is 4.76. The molecule has 106 valence electrons. The molecule has 5 nitrogen and oxygen atoms in total. The smallest absolute Gasteiger partial charge is 0.282 e. The maximum absolute atomic E-state index is 12.6. The van der Waals surface area contributed by atoms with Gasteiger partial charge in [0.25, 0.3) is 10.2 Å². The lowest BCUT2D eigenvalue weighted by Crippen LogP contribution is -2.54. The second-order valence-corrected chi connectivity index (χ2v) is 7.62. The van der Waals surface area contributed by atoms with Gasteiger partial charge in [-0.25, -0.2) is 0 Å². The van der Waals surface area contributed by atoms with Crippen LogP contribution in [0.5, 0.6) is 0 Å².